The second-order valence-electron chi connectivity index (χ2n) is 7.53. The average molecular weight is 436 g/mol. The summed E-state index contributed by atoms with van der Waals surface area (Å²) in [5.41, 5.74) is 1.56. The topological polar surface area (TPSA) is 124 Å². The number of hydrogen-bond acceptors (Lipinski definition) is 8. The number of benzene rings is 1. The van der Waals surface area contributed by atoms with Crippen LogP contribution >= 0.6 is 0 Å². The van der Waals surface area contributed by atoms with Crippen molar-refractivity contribution in [3.63, 3.8) is 0 Å². The number of hydrogen-bond donors (Lipinski definition) is 1. The molecule has 166 valence electrons. The third kappa shape index (κ3) is 6.83. The number of anilines is 1. The Labute approximate surface area is 185 Å². The molecule has 1 N–H and O–H groups in total. The van der Waals surface area contributed by atoms with Crippen LogP contribution in [0.25, 0.3) is 11.5 Å². The van der Waals surface area contributed by atoms with E-state index in [1.165, 1.54) is 0 Å². The van der Waals surface area contributed by atoms with Crippen molar-refractivity contribution in [1.29, 1.82) is 0 Å². The number of carbonyl (C=O) groups is 3. The van der Waals surface area contributed by atoms with E-state index >= 15 is 0 Å². The summed E-state index contributed by atoms with van der Waals surface area (Å²) in [6.45, 7) is 3.55. The number of ketones is 1. The molecule has 9 heteroatoms. The van der Waals surface area contributed by atoms with Crippen LogP contribution < -0.4 is 5.32 Å². The second-order valence-corrected chi connectivity index (χ2v) is 7.53. The van der Waals surface area contributed by atoms with Crippen LogP contribution in [0.2, 0.25) is 0 Å². The van der Waals surface area contributed by atoms with Gasteiger partial charge in [0.15, 0.2) is 12.4 Å². The highest BCUT2D eigenvalue weighted by Crippen LogP contribution is 2.14. The van der Waals surface area contributed by atoms with E-state index in [0.717, 1.165) is 0 Å². The first-order valence-electron chi connectivity index (χ1n) is 10.2. The van der Waals surface area contributed by atoms with Gasteiger partial charge in [0.25, 0.3) is 0 Å². The predicted octanol–water partition coefficient (Wildman–Crippen LogP) is 3.47. The summed E-state index contributed by atoms with van der Waals surface area (Å²) in [5.74, 6) is -0.0890. The maximum absolute atomic E-state index is 12.3. The fourth-order valence-corrected chi connectivity index (χ4v) is 2.79. The summed E-state index contributed by atoms with van der Waals surface area (Å²) < 4.78 is 10.2. The van der Waals surface area contributed by atoms with Gasteiger partial charge in [0.2, 0.25) is 17.6 Å². The summed E-state index contributed by atoms with van der Waals surface area (Å²) in [7, 11) is 0. The standard InChI is InChI=1S/C23H24N4O5/c1-15(2)13-20(29)25-17-8-6-16(7-9-17)19(28)14-31-22(30)11-10-21-26-23(27-32-21)18-5-3-4-12-24-18/h3-9,12,15H,10-11,13-14H2,1-2H3,(H,25,29). The lowest BCUT2D eigenvalue weighted by molar-refractivity contribution is -0.142. The third-order valence-corrected chi connectivity index (χ3v) is 4.35. The van der Waals surface area contributed by atoms with E-state index in [2.05, 4.69) is 20.4 Å². The van der Waals surface area contributed by atoms with E-state index in [0.29, 0.717) is 29.2 Å². The number of esters is 1. The van der Waals surface area contributed by atoms with Crippen LogP contribution in [0.3, 0.4) is 0 Å². The monoisotopic (exact) mass is 436 g/mol. The van der Waals surface area contributed by atoms with Gasteiger partial charge in [-0.25, -0.2) is 0 Å². The van der Waals surface area contributed by atoms with Crippen molar-refractivity contribution >= 4 is 23.3 Å². The number of Topliss-reactive ketones (excluding diaryl/α,β-unsaturated/α-hetero) is 1. The molecule has 0 unspecified atom stereocenters. The number of amides is 1. The fraction of sp³-hybridized carbons (Fsp3) is 0.304. The smallest absolute Gasteiger partial charge is 0.306 e. The van der Waals surface area contributed by atoms with Crippen molar-refractivity contribution in [3.05, 3.63) is 60.1 Å². The molecule has 2 heterocycles. The number of rotatable bonds is 10. The zero-order valence-corrected chi connectivity index (χ0v) is 17.9. The van der Waals surface area contributed by atoms with Crippen molar-refractivity contribution in [2.75, 3.05) is 11.9 Å². The summed E-state index contributed by atoms with van der Waals surface area (Å²) in [5, 5.41) is 6.61. The summed E-state index contributed by atoms with van der Waals surface area (Å²) in [6.07, 6.45) is 2.23. The Morgan fingerprint density at radius 3 is 2.56 bits per heavy atom. The Bertz CT molecular complexity index is 1060. The van der Waals surface area contributed by atoms with E-state index in [4.69, 9.17) is 9.26 Å². The van der Waals surface area contributed by atoms with Gasteiger partial charge in [0.1, 0.15) is 5.69 Å². The molecule has 0 bridgehead atoms. The van der Waals surface area contributed by atoms with Gasteiger partial charge in [0.05, 0.1) is 6.42 Å². The maximum Gasteiger partial charge on any atom is 0.306 e. The molecule has 9 nitrogen and oxygen atoms in total. The van der Waals surface area contributed by atoms with Crippen molar-refractivity contribution in [2.24, 2.45) is 5.92 Å². The largest absolute Gasteiger partial charge is 0.457 e. The molecule has 0 atom stereocenters. The zero-order valence-electron chi connectivity index (χ0n) is 17.9. The molecule has 2 aromatic heterocycles. The Balaban J connectivity index is 1.42. The van der Waals surface area contributed by atoms with Crippen molar-refractivity contribution in [1.82, 2.24) is 15.1 Å². The quantitative estimate of drug-likeness (QED) is 0.378. The minimum atomic E-state index is -0.548. The van der Waals surface area contributed by atoms with Crippen LogP contribution in [0.4, 0.5) is 5.69 Å². The summed E-state index contributed by atoms with van der Waals surface area (Å²) >= 11 is 0. The molecule has 0 fully saturated rings. The van der Waals surface area contributed by atoms with Crippen molar-refractivity contribution < 1.29 is 23.6 Å². The molecule has 0 saturated carbocycles. The molecule has 0 aliphatic heterocycles. The Kier molecular flexibility index (Phi) is 7.80. The van der Waals surface area contributed by atoms with Crippen LogP contribution in [0.15, 0.2) is 53.2 Å². The normalized spacial score (nSPS) is 10.7. The van der Waals surface area contributed by atoms with Gasteiger partial charge in [-0.3, -0.25) is 19.4 Å². The number of aromatic nitrogens is 3. The molecule has 0 aliphatic carbocycles. The highest BCUT2D eigenvalue weighted by molar-refractivity contribution is 5.98. The lowest BCUT2D eigenvalue weighted by atomic mass is 10.1. The van der Waals surface area contributed by atoms with Gasteiger partial charge in [-0.2, -0.15) is 4.98 Å². The SMILES string of the molecule is CC(C)CC(=O)Nc1ccc(C(=O)COC(=O)CCc2nc(-c3ccccn3)no2)cc1. The minimum absolute atomic E-state index is 0.00203. The van der Waals surface area contributed by atoms with E-state index in [1.54, 1.807) is 42.6 Å². The molecule has 32 heavy (non-hydrogen) atoms. The first-order valence-corrected chi connectivity index (χ1v) is 10.2. The third-order valence-electron chi connectivity index (χ3n) is 4.35. The molecule has 0 radical (unpaired) electrons. The van der Waals surface area contributed by atoms with E-state index in [1.807, 2.05) is 19.9 Å². The zero-order chi connectivity index (χ0) is 22.9. The first kappa shape index (κ1) is 22.8. The molecule has 1 amide bonds. The molecule has 1 aromatic carbocycles. The number of carbonyl (C=O) groups excluding carboxylic acids is 3. The van der Waals surface area contributed by atoms with Crippen LogP contribution in [-0.2, 0) is 20.7 Å². The molecule has 0 aliphatic rings. The molecule has 0 spiro atoms. The molecular formula is C23H24N4O5. The van der Waals surface area contributed by atoms with Gasteiger partial charge in [-0.1, -0.05) is 25.1 Å². The Hall–Kier alpha value is -3.88. The first-order chi connectivity index (χ1) is 15.4. The van der Waals surface area contributed by atoms with E-state index < -0.39 is 5.97 Å². The van der Waals surface area contributed by atoms with E-state index in [9.17, 15) is 14.4 Å². The van der Waals surface area contributed by atoms with Crippen LogP contribution in [0.1, 0.15) is 42.9 Å². The maximum atomic E-state index is 12.3. The van der Waals surface area contributed by atoms with Crippen LogP contribution in [0.5, 0.6) is 0 Å². The van der Waals surface area contributed by atoms with Crippen LogP contribution in [-0.4, -0.2) is 39.4 Å². The summed E-state index contributed by atoms with van der Waals surface area (Å²) in [4.78, 5) is 44.3. The highest BCUT2D eigenvalue weighted by atomic mass is 16.5. The molecule has 3 aromatic rings. The average Bonchev–Trinajstić information content (AvgIpc) is 3.26. The van der Waals surface area contributed by atoms with E-state index in [-0.39, 0.29) is 42.9 Å². The Morgan fingerprint density at radius 2 is 1.88 bits per heavy atom. The number of nitrogens with zero attached hydrogens (tertiary/aromatic N) is 3. The number of pyridine rings is 1. The fourth-order valence-electron chi connectivity index (χ4n) is 2.79. The number of ether oxygens (including phenoxy) is 1. The molecule has 0 saturated heterocycles. The van der Waals surface area contributed by atoms with Gasteiger partial charge >= 0.3 is 5.97 Å². The lowest BCUT2D eigenvalue weighted by Gasteiger charge is -2.08. The Morgan fingerprint density at radius 1 is 1.09 bits per heavy atom. The second kappa shape index (κ2) is 10.9. The summed E-state index contributed by atoms with van der Waals surface area (Å²) in [6, 6.07) is 11.8. The number of aryl methyl sites for hydroxylation is 1. The van der Waals surface area contributed by atoms with Gasteiger partial charge in [-0.05, 0) is 42.3 Å². The van der Waals surface area contributed by atoms with Crippen molar-refractivity contribution in [2.45, 2.75) is 33.1 Å². The lowest BCUT2D eigenvalue weighted by Crippen LogP contribution is -2.15. The molecular weight excluding hydrogens is 412 g/mol. The molecule has 3 rings (SSSR count). The minimum Gasteiger partial charge on any atom is -0.457 e. The van der Waals surface area contributed by atoms with Gasteiger partial charge in [-0.15, -0.1) is 0 Å². The number of nitrogens with one attached hydrogen (secondary N) is 1. The highest BCUT2D eigenvalue weighted by Gasteiger charge is 2.14. The predicted molar refractivity (Wildman–Crippen MR) is 116 cm³/mol. The van der Waals surface area contributed by atoms with Crippen molar-refractivity contribution in [3.8, 4) is 11.5 Å². The van der Waals surface area contributed by atoms with Gasteiger partial charge < -0.3 is 14.6 Å². The van der Waals surface area contributed by atoms with Crippen LogP contribution in [0, 0.1) is 5.92 Å². The van der Waals surface area contributed by atoms with Gasteiger partial charge in [0, 0.05) is 30.3 Å².